The molecule has 0 saturated heterocycles. The van der Waals surface area contributed by atoms with E-state index in [0.717, 1.165) is 23.1 Å². The number of nitrogens with one attached hydrogen (secondary N) is 1. The minimum atomic E-state index is -0.541. The number of aromatic nitrogens is 2. The number of carbonyl (C=O) groups excluding carboxylic acids is 1. The first kappa shape index (κ1) is 17.7. The Balaban J connectivity index is 1.90. The van der Waals surface area contributed by atoms with Crippen molar-refractivity contribution in [2.75, 3.05) is 5.32 Å². The number of anilines is 1. The third-order valence-corrected chi connectivity index (χ3v) is 4.08. The van der Waals surface area contributed by atoms with Gasteiger partial charge in [0.05, 0.1) is 16.7 Å². The van der Waals surface area contributed by atoms with Gasteiger partial charge < -0.3 is 11.1 Å². The van der Waals surface area contributed by atoms with Crippen molar-refractivity contribution in [3.05, 3.63) is 46.7 Å². The third-order valence-electron chi connectivity index (χ3n) is 3.67. The van der Waals surface area contributed by atoms with Crippen molar-refractivity contribution in [2.45, 2.75) is 39.8 Å². The highest BCUT2D eigenvalue weighted by molar-refractivity contribution is 9.10. The summed E-state index contributed by atoms with van der Waals surface area (Å²) in [7, 11) is 0. The molecule has 0 spiro atoms. The molecule has 0 bridgehead atoms. The minimum absolute atomic E-state index is 0.161. The number of nitrogens with zero attached hydrogens (tertiary/aromatic N) is 2. The molecule has 2 aromatic rings. The first-order valence-electron chi connectivity index (χ1n) is 7.59. The molecule has 6 heteroatoms. The van der Waals surface area contributed by atoms with Gasteiger partial charge in [0.2, 0.25) is 5.91 Å². The molecule has 1 heterocycles. The van der Waals surface area contributed by atoms with Crippen LogP contribution in [0.15, 0.2) is 41.1 Å². The van der Waals surface area contributed by atoms with E-state index in [-0.39, 0.29) is 11.3 Å². The molecule has 0 radical (unpaired) electrons. The number of carbonyl (C=O) groups is 1. The zero-order chi connectivity index (χ0) is 17.0. The fourth-order valence-corrected chi connectivity index (χ4v) is 2.40. The van der Waals surface area contributed by atoms with E-state index in [1.807, 2.05) is 55.9 Å². The highest BCUT2D eigenvalue weighted by Gasteiger charge is 2.27. The van der Waals surface area contributed by atoms with Gasteiger partial charge in [-0.25, -0.2) is 0 Å². The van der Waals surface area contributed by atoms with Crippen molar-refractivity contribution < 1.29 is 4.79 Å². The van der Waals surface area contributed by atoms with E-state index in [2.05, 4.69) is 26.3 Å². The summed E-state index contributed by atoms with van der Waals surface area (Å²) >= 11 is 3.38. The van der Waals surface area contributed by atoms with Crippen molar-refractivity contribution in [3.63, 3.8) is 0 Å². The lowest BCUT2D eigenvalue weighted by atomic mass is 9.87. The molecule has 1 aromatic heterocycles. The van der Waals surface area contributed by atoms with Crippen molar-refractivity contribution in [1.82, 2.24) is 9.78 Å². The monoisotopic (exact) mass is 378 g/mol. The molecule has 1 amide bonds. The molecule has 1 atom stereocenters. The number of hydrogen-bond acceptors (Lipinski definition) is 3. The zero-order valence-electron chi connectivity index (χ0n) is 13.7. The van der Waals surface area contributed by atoms with Gasteiger partial charge in [-0.15, -0.1) is 0 Å². The van der Waals surface area contributed by atoms with Crippen LogP contribution in [0.5, 0.6) is 0 Å². The van der Waals surface area contributed by atoms with Gasteiger partial charge in [-0.1, -0.05) is 32.9 Å². The molecular formula is C17H23BrN4O. The molecule has 5 nitrogen and oxygen atoms in total. The van der Waals surface area contributed by atoms with Crippen LogP contribution in [0.1, 0.15) is 26.3 Å². The number of halogens is 1. The summed E-state index contributed by atoms with van der Waals surface area (Å²) in [4.78, 5) is 12.1. The fraction of sp³-hybridized carbons (Fsp3) is 0.412. The lowest BCUT2D eigenvalue weighted by Gasteiger charge is -2.25. The van der Waals surface area contributed by atoms with Crippen LogP contribution >= 0.6 is 15.9 Å². The first-order valence-corrected chi connectivity index (χ1v) is 8.38. The van der Waals surface area contributed by atoms with Gasteiger partial charge in [-0.2, -0.15) is 5.10 Å². The molecule has 3 N–H and O–H groups in total. The van der Waals surface area contributed by atoms with E-state index >= 15 is 0 Å². The van der Waals surface area contributed by atoms with Crippen LogP contribution in [-0.4, -0.2) is 21.7 Å². The van der Waals surface area contributed by atoms with E-state index in [1.54, 1.807) is 6.20 Å². The Morgan fingerprint density at radius 1 is 1.35 bits per heavy atom. The molecule has 0 aliphatic heterocycles. The molecule has 0 saturated carbocycles. The first-order chi connectivity index (χ1) is 10.8. The van der Waals surface area contributed by atoms with E-state index in [4.69, 9.17) is 5.73 Å². The minimum Gasteiger partial charge on any atom is -0.325 e. The number of nitrogens with two attached hydrogens (primary N) is 1. The summed E-state index contributed by atoms with van der Waals surface area (Å²) in [6.07, 6.45) is 4.60. The SMILES string of the molecule is CC(C)(C)[C@H](N)C(=O)Nc1ccc(CCn2cc(Br)cn2)cc1. The Morgan fingerprint density at radius 2 is 2.00 bits per heavy atom. The normalized spacial score (nSPS) is 12.9. The Hall–Kier alpha value is -1.66. The maximum absolute atomic E-state index is 12.1. The van der Waals surface area contributed by atoms with Gasteiger partial charge in [-0.05, 0) is 45.5 Å². The van der Waals surface area contributed by atoms with Crippen LogP contribution in [-0.2, 0) is 17.8 Å². The average Bonchev–Trinajstić information content (AvgIpc) is 2.90. The highest BCUT2D eigenvalue weighted by Crippen LogP contribution is 2.19. The highest BCUT2D eigenvalue weighted by atomic mass is 79.9. The van der Waals surface area contributed by atoms with Gasteiger partial charge in [0.25, 0.3) is 0 Å². The molecule has 124 valence electrons. The molecule has 1 aromatic carbocycles. The molecule has 0 fully saturated rings. The molecular weight excluding hydrogens is 356 g/mol. The number of hydrogen-bond donors (Lipinski definition) is 2. The Morgan fingerprint density at radius 3 is 2.52 bits per heavy atom. The smallest absolute Gasteiger partial charge is 0.241 e. The molecule has 0 aliphatic carbocycles. The van der Waals surface area contributed by atoms with Crippen LogP contribution in [0.25, 0.3) is 0 Å². The van der Waals surface area contributed by atoms with Crippen LogP contribution in [0.4, 0.5) is 5.69 Å². The number of rotatable bonds is 5. The predicted octanol–water partition coefficient (Wildman–Crippen LogP) is 3.20. The predicted molar refractivity (Wildman–Crippen MR) is 96.1 cm³/mol. The van der Waals surface area contributed by atoms with Crippen LogP contribution < -0.4 is 11.1 Å². The average molecular weight is 379 g/mol. The number of aryl methyl sites for hydroxylation is 2. The standard InChI is InChI=1S/C17H23BrN4O/c1-17(2,3)15(19)16(23)21-14-6-4-12(5-7-14)8-9-22-11-13(18)10-20-22/h4-7,10-11,15H,8-9,19H2,1-3H3,(H,21,23)/t15-/m1/s1. The largest absolute Gasteiger partial charge is 0.325 e. The maximum atomic E-state index is 12.1. The van der Waals surface area contributed by atoms with Crippen LogP contribution in [0, 0.1) is 5.41 Å². The molecule has 23 heavy (non-hydrogen) atoms. The van der Waals surface area contributed by atoms with Crippen molar-refractivity contribution >= 4 is 27.5 Å². The summed E-state index contributed by atoms with van der Waals surface area (Å²) in [5, 5.41) is 7.09. The van der Waals surface area contributed by atoms with E-state index in [1.165, 1.54) is 5.56 Å². The Bertz CT molecular complexity index is 658. The lowest BCUT2D eigenvalue weighted by molar-refractivity contribution is -0.119. The van der Waals surface area contributed by atoms with Crippen LogP contribution in [0.3, 0.4) is 0 Å². The molecule has 2 rings (SSSR count). The van der Waals surface area contributed by atoms with Gasteiger partial charge >= 0.3 is 0 Å². The Labute approximate surface area is 145 Å². The summed E-state index contributed by atoms with van der Waals surface area (Å²) in [5.74, 6) is -0.161. The van der Waals surface area contributed by atoms with Gasteiger partial charge in [0, 0.05) is 18.4 Å². The van der Waals surface area contributed by atoms with E-state index in [9.17, 15) is 4.79 Å². The van der Waals surface area contributed by atoms with Gasteiger partial charge in [0.1, 0.15) is 0 Å². The Kier molecular flexibility index (Phi) is 5.59. The second kappa shape index (κ2) is 7.27. The number of amides is 1. The lowest BCUT2D eigenvalue weighted by Crippen LogP contribution is -2.45. The second-order valence-corrected chi connectivity index (χ2v) is 7.62. The van der Waals surface area contributed by atoms with Crippen molar-refractivity contribution in [3.8, 4) is 0 Å². The van der Waals surface area contributed by atoms with Gasteiger partial charge in [-0.3, -0.25) is 9.48 Å². The summed E-state index contributed by atoms with van der Waals surface area (Å²) in [6.45, 7) is 6.67. The van der Waals surface area contributed by atoms with Crippen LogP contribution in [0.2, 0.25) is 0 Å². The van der Waals surface area contributed by atoms with E-state index in [0.29, 0.717) is 0 Å². The number of benzene rings is 1. The quantitative estimate of drug-likeness (QED) is 0.838. The molecule has 0 aliphatic rings. The fourth-order valence-electron chi connectivity index (χ4n) is 2.07. The topological polar surface area (TPSA) is 72.9 Å². The maximum Gasteiger partial charge on any atom is 0.241 e. The summed E-state index contributed by atoms with van der Waals surface area (Å²) in [6, 6.07) is 7.29. The van der Waals surface area contributed by atoms with E-state index < -0.39 is 6.04 Å². The summed E-state index contributed by atoms with van der Waals surface area (Å²) < 4.78 is 2.87. The third kappa shape index (κ3) is 5.18. The van der Waals surface area contributed by atoms with Crippen molar-refractivity contribution in [2.24, 2.45) is 11.1 Å². The van der Waals surface area contributed by atoms with Gasteiger partial charge in [0.15, 0.2) is 0 Å². The van der Waals surface area contributed by atoms with Crippen molar-refractivity contribution in [1.29, 1.82) is 0 Å². The molecule has 0 unspecified atom stereocenters. The second-order valence-electron chi connectivity index (χ2n) is 6.70. The zero-order valence-corrected chi connectivity index (χ0v) is 15.3. The summed E-state index contributed by atoms with van der Waals surface area (Å²) in [5.41, 5.74) is 7.65.